The van der Waals surface area contributed by atoms with Crippen molar-refractivity contribution in [1.82, 2.24) is 0 Å². The lowest BCUT2D eigenvalue weighted by Crippen LogP contribution is -2.20. The fourth-order valence-electron chi connectivity index (χ4n) is 1.50. The van der Waals surface area contributed by atoms with Gasteiger partial charge in [-0.1, -0.05) is 52.5 Å². The Morgan fingerprint density at radius 1 is 1.00 bits per heavy atom. The predicted octanol–water partition coefficient (Wildman–Crippen LogP) is 5.32. The van der Waals surface area contributed by atoms with Crippen molar-refractivity contribution >= 4 is 58.0 Å². The number of nitrogens with one attached hydrogen (secondary N) is 1. The summed E-state index contributed by atoms with van der Waals surface area (Å²) in [5.41, 5.74) is 0.423. The average molecular weight is 365 g/mol. The quantitative estimate of drug-likeness (QED) is 0.797. The van der Waals surface area contributed by atoms with E-state index in [1.165, 1.54) is 6.07 Å². The molecule has 0 heterocycles. The van der Waals surface area contributed by atoms with Crippen LogP contribution in [0.3, 0.4) is 0 Å². The zero-order valence-corrected chi connectivity index (χ0v) is 13.5. The average Bonchev–Trinajstić information content (AvgIpc) is 2.45. The van der Waals surface area contributed by atoms with Gasteiger partial charge < -0.3 is 10.1 Å². The van der Waals surface area contributed by atoms with Crippen molar-refractivity contribution in [2.45, 2.75) is 0 Å². The number of ether oxygens (including phenoxy) is 1. The Morgan fingerprint density at radius 2 is 1.76 bits per heavy atom. The molecule has 110 valence electrons. The number of hydrogen-bond acceptors (Lipinski definition) is 2. The molecule has 0 bridgehead atoms. The second-order valence-corrected chi connectivity index (χ2v) is 5.61. The fraction of sp³-hybridized carbons (Fsp3) is 0.0714. The van der Waals surface area contributed by atoms with Gasteiger partial charge in [-0.2, -0.15) is 0 Å². The molecule has 0 saturated carbocycles. The third-order valence-electron chi connectivity index (χ3n) is 2.49. The minimum absolute atomic E-state index is 0.194. The van der Waals surface area contributed by atoms with Gasteiger partial charge >= 0.3 is 0 Å². The highest BCUT2D eigenvalue weighted by Gasteiger charge is 2.09. The maximum atomic E-state index is 11.8. The van der Waals surface area contributed by atoms with E-state index in [9.17, 15) is 4.79 Å². The summed E-state index contributed by atoms with van der Waals surface area (Å²) in [5, 5.41) is 4.02. The van der Waals surface area contributed by atoms with E-state index in [2.05, 4.69) is 5.32 Å². The molecule has 0 atom stereocenters. The molecule has 0 fully saturated rings. The summed E-state index contributed by atoms with van der Waals surface area (Å²) in [4.78, 5) is 11.8. The Hall–Kier alpha value is -1.13. The summed E-state index contributed by atoms with van der Waals surface area (Å²) >= 11 is 23.5. The van der Waals surface area contributed by atoms with E-state index in [4.69, 9.17) is 51.1 Å². The van der Waals surface area contributed by atoms with Crippen LogP contribution in [0.4, 0.5) is 5.69 Å². The second kappa shape index (κ2) is 7.23. The van der Waals surface area contributed by atoms with E-state index in [1.807, 2.05) is 0 Å². The Kier molecular flexibility index (Phi) is 5.59. The van der Waals surface area contributed by atoms with Crippen molar-refractivity contribution in [1.29, 1.82) is 0 Å². The van der Waals surface area contributed by atoms with Gasteiger partial charge in [0.05, 0.1) is 25.8 Å². The van der Waals surface area contributed by atoms with Crippen LogP contribution in [0.25, 0.3) is 0 Å². The molecule has 2 rings (SSSR count). The van der Waals surface area contributed by atoms with Crippen molar-refractivity contribution in [2.24, 2.45) is 0 Å². The highest BCUT2D eigenvalue weighted by atomic mass is 35.5. The lowest BCUT2D eigenvalue weighted by Gasteiger charge is -2.10. The molecule has 0 aliphatic carbocycles. The van der Waals surface area contributed by atoms with Gasteiger partial charge in [0.25, 0.3) is 5.91 Å². The zero-order chi connectivity index (χ0) is 15.4. The number of carbonyl (C=O) groups excluding carboxylic acids is 1. The minimum Gasteiger partial charge on any atom is -0.484 e. The molecule has 21 heavy (non-hydrogen) atoms. The van der Waals surface area contributed by atoms with E-state index in [1.54, 1.807) is 30.3 Å². The van der Waals surface area contributed by atoms with Crippen molar-refractivity contribution in [3.05, 3.63) is 56.5 Å². The Labute approximate surface area is 141 Å². The van der Waals surface area contributed by atoms with Crippen molar-refractivity contribution < 1.29 is 9.53 Å². The molecule has 0 aromatic heterocycles. The molecule has 2 aromatic rings. The molecule has 1 amide bonds. The topological polar surface area (TPSA) is 38.3 Å². The lowest BCUT2D eigenvalue weighted by molar-refractivity contribution is -0.118. The van der Waals surface area contributed by atoms with Gasteiger partial charge in [-0.15, -0.1) is 0 Å². The van der Waals surface area contributed by atoms with Crippen molar-refractivity contribution in [3.63, 3.8) is 0 Å². The Bertz CT molecular complexity index is 676. The molecule has 0 aliphatic heterocycles. The Balaban J connectivity index is 1.96. The summed E-state index contributed by atoms with van der Waals surface area (Å²) in [5.74, 6) is 0.0713. The van der Waals surface area contributed by atoms with Crippen LogP contribution < -0.4 is 10.1 Å². The monoisotopic (exact) mass is 363 g/mol. The first-order valence-electron chi connectivity index (χ1n) is 5.79. The number of benzene rings is 2. The van der Waals surface area contributed by atoms with Gasteiger partial charge in [0.15, 0.2) is 6.61 Å². The van der Waals surface area contributed by atoms with Crippen LogP contribution in [0, 0.1) is 0 Å². The SMILES string of the molecule is O=C(COc1ccc(Cl)c(Cl)c1)Nc1cccc(Cl)c1Cl. The maximum Gasteiger partial charge on any atom is 0.262 e. The zero-order valence-electron chi connectivity index (χ0n) is 10.5. The third kappa shape index (κ3) is 4.42. The largest absolute Gasteiger partial charge is 0.484 e. The number of anilines is 1. The maximum absolute atomic E-state index is 11.8. The van der Waals surface area contributed by atoms with Crippen molar-refractivity contribution in [3.8, 4) is 5.75 Å². The lowest BCUT2D eigenvalue weighted by atomic mass is 10.3. The van der Waals surface area contributed by atoms with Gasteiger partial charge in [-0.05, 0) is 24.3 Å². The number of rotatable bonds is 4. The molecule has 7 heteroatoms. The number of amides is 1. The summed E-state index contributed by atoms with van der Waals surface area (Å²) in [6.45, 7) is -0.194. The molecule has 2 aromatic carbocycles. The normalized spacial score (nSPS) is 10.3. The van der Waals surface area contributed by atoms with Crippen LogP contribution in [-0.2, 0) is 4.79 Å². The van der Waals surface area contributed by atoms with Gasteiger partial charge in [-0.25, -0.2) is 0 Å². The van der Waals surface area contributed by atoms with E-state index < -0.39 is 0 Å². The molecule has 0 aliphatic rings. The summed E-state index contributed by atoms with van der Waals surface area (Å²) in [7, 11) is 0. The molecule has 1 N–H and O–H groups in total. The first-order valence-corrected chi connectivity index (χ1v) is 7.30. The summed E-state index contributed by atoms with van der Waals surface area (Å²) < 4.78 is 5.31. The number of hydrogen-bond donors (Lipinski definition) is 1. The van der Waals surface area contributed by atoms with Crippen LogP contribution in [0.15, 0.2) is 36.4 Å². The highest BCUT2D eigenvalue weighted by molar-refractivity contribution is 6.44. The van der Waals surface area contributed by atoms with Crippen LogP contribution in [-0.4, -0.2) is 12.5 Å². The standard InChI is InChI=1S/C14H9Cl4NO2/c15-9-5-4-8(6-11(9)17)21-7-13(20)19-12-3-1-2-10(16)14(12)18/h1-6H,7H2,(H,19,20). The Morgan fingerprint density at radius 3 is 2.48 bits per heavy atom. The van der Waals surface area contributed by atoms with Crippen LogP contribution >= 0.6 is 46.4 Å². The van der Waals surface area contributed by atoms with E-state index in [0.29, 0.717) is 26.5 Å². The minimum atomic E-state index is -0.370. The van der Waals surface area contributed by atoms with Gasteiger partial charge in [0, 0.05) is 6.07 Å². The van der Waals surface area contributed by atoms with E-state index in [0.717, 1.165) is 0 Å². The van der Waals surface area contributed by atoms with Gasteiger partial charge in [0.2, 0.25) is 0 Å². The second-order valence-electron chi connectivity index (χ2n) is 4.01. The van der Waals surface area contributed by atoms with E-state index >= 15 is 0 Å². The summed E-state index contributed by atoms with van der Waals surface area (Å²) in [6, 6.07) is 9.70. The van der Waals surface area contributed by atoms with Gasteiger partial charge in [0.1, 0.15) is 5.75 Å². The molecule has 0 unspecified atom stereocenters. The first kappa shape index (κ1) is 16.2. The smallest absolute Gasteiger partial charge is 0.262 e. The van der Waals surface area contributed by atoms with E-state index in [-0.39, 0.29) is 17.5 Å². The summed E-state index contributed by atoms with van der Waals surface area (Å²) in [6.07, 6.45) is 0. The molecule has 0 radical (unpaired) electrons. The molecule has 0 saturated heterocycles. The third-order valence-corrected chi connectivity index (χ3v) is 4.04. The van der Waals surface area contributed by atoms with Crippen LogP contribution in [0.5, 0.6) is 5.75 Å². The van der Waals surface area contributed by atoms with Crippen LogP contribution in [0.1, 0.15) is 0 Å². The highest BCUT2D eigenvalue weighted by Crippen LogP contribution is 2.29. The van der Waals surface area contributed by atoms with Gasteiger partial charge in [-0.3, -0.25) is 4.79 Å². The van der Waals surface area contributed by atoms with Crippen molar-refractivity contribution in [2.75, 3.05) is 11.9 Å². The fourth-order valence-corrected chi connectivity index (χ4v) is 2.14. The molecular formula is C14H9Cl4NO2. The predicted molar refractivity (Wildman–Crippen MR) is 87.0 cm³/mol. The van der Waals surface area contributed by atoms with Crippen LogP contribution in [0.2, 0.25) is 20.1 Å². The number of carbonyl (C=O) groups is 1. The number of halogens is 4. The molecular weight excluding hydrogens is 356 g/mol. The molecule has 3 nitrogen and oxygen atoms in total. The molecule has 0 spiro atoms. The first-order chi connectivity index (χ1) is 9.97.